The number of esters is 2. The number of ether oxygens (including phenoxy) is 2. The topological polar surface area (TPSA) is 179 Å². The second kappa shape index (κ2) is 8.54. The van der Waals surface area contributed by atoms with Crippen LogP contribution in [0.3, 0.4) is 0 Å². The molecule has 0 aliphatic carbocycles. The molecule has 0 bridgehead atoms. The van der Waals surface area contributed by atoms with Crippen LogP contribution in [0.2, 0.25) is 0 Å². The van der Waals surface area contributed by atoms with Gasteiger partial charge in [0.05, 0.1) is 34.1 Å². The highest BCUT2D eigenvalue weighted by Crippen LogP contribution is 2.30. The maximum absolute atomic E-state index is 12.5. The van der Waals surface area contributed by atoms with Crippen LogP contribution in [-0.2, 0) is 20.9 Å². The van der Waals surface area contributed by atoms with Crippen molar-refractivity contribution in [2.75, 3.05) is 13.7 Å². The summed E-state index contributed by atoms with van der Waals surface area (Å²) < 4.78 is 9.65. The van der Waals surface area contributed by atoms with E-state index in [2.05, 4.69) is 14.7 Å². The number of hydrogen-bond acceptors (Lipinski definition) is 10. The maximum Gasteiger partial charge on any atom is 0.337 e. The number of hydrogen-bond donors (Lipinski definition) is 1. The Morgan fingerprint density at radius 1 is 1.15 bits per heavy atom. The van der Waals surface area contributed by atoms with Crippen molar-refractivity contribution in [3.8, 4) is 0 Å². The van der Waals surface area contributed by atoms with E-state index in [1.165, 1.54) is 37.4 Å². The van der Waals surface area contributed by atoms with Gasteiger partial charge in [-0.15, -0.1) is 0 Å². The van der Waals surface area contributed by atoms with Crippen molar-refractivity contribution < 1.29 is 33.6 Å². The number of aromatic amines is 1. The van der Waals surface area contributed by atoms with Gasteiger partial charge in [0.1, 0.15) is 24.5 Å². The Bertz CT molecular complexity index is 1460. The van der Waals surface area contributed by atoms with Gasteiger partial charge in [-0.25, -0.2) is 9.78 Å². The molecule has 0 saturated carbocycles. The molecule has 1 N–H and O–H groups in total. The fourth-order valence-corrected chi connectivity index (χ4v) is 3.44. The minimum Gasteiger partial charge on any atom is -0.465 e. The van der Waals surface area contributed by atoms with E-state index in [4.69, 9.17) is 4.74 Å². The van der Waals surface area contributed by atoms with Gasteiger partial charge in [-0.1, -0.05) is 6.07 Å². The number of fused-ring (bicyclic) bond motifs is 2. The minimum absolute atomic E-state index is 0.0501. The Hall–Kier alpha value is -4.94. The Kier molecular flexibility index (Phi) is 5.59. The first-order valence-electron chi connectivity index (χ1n) is 9.61. The number of amides is 2. The summed E-state index contributed by atoms with van der Waals surface area (Å²) in [4.78, 5) is 78.8. The van der Waals surface area contributed by atoms with Gasteiger partial charge in [-0.2, -0.15) is 0 Å². The van der Waals surface area contributed by atoms with Crippen molar-refractivity contribution in [3.63, 3.8) is 0 Å². The van der Waals surface area contributed by atoms with E-state index in [9.17, 15) is 34.1 Å². The first-order chi connectivity index (χ1) is 16.2. The number of rotatable bonds is 6. The summed E-state index contributed by atoms with van der Waals surface area (Å²) in [5.41, 5.74) is -1.35. The number of carbonyl (C=O) groups is 4. The Morgan fingerprint density at radius 2 is 1.91 bits per heavy atom. The average Bonchev–Trinajstić information content (AvgIpc) is 3.06. The fourth-order valence-electron chi connectivity index (χ4n) is 3.44. The van der Waals surface area contributed by atoms with E-state index in [0.717, 1.165) is 6.07 Å². The quantitative estimate of drug-likeness (QED) is 0.238. The predicted molar refractivity (Wildman–Crippen MR) is 112 cm³/mol. The second-order valence-electron chi connectivity index (χ2n) is 7.05. The van der Waals surface area contributed by atoms with Crippen molar-refractivity contribution in [2.45, 2.75) is 6.61 Å². The molecule has 172 valence electrons. The summed E-state index contributed by atoms with van der Waals surface area (Å²) in [6.07, 6.45) is 0. The molecule has 34 heavy (non-hydrogen) atoms. The van der Waals surface area contributed by atoms with Gasteiger partial charge in [0.2, 0.25) is 0 Å². The van der Waals surface area contributed by atoms with Crippen LogP contribution in [0.15, 0.2) is 41.2 Å². The molecule has 0 radical (unpaired) electrons. The smallest absolute Gasteiger partial charge is 0.337 e. The number of imide groups is 1. The Morgan fingerprint density at radius 3 is 2.62 bits per heavy atom. The third-order valence-electron chi connectivity index (χ3n) is 5.01. The normalized spacial score (nSPS) is 12.6. The van der Waals surface area contributed by atoms with Crippen LogP contribution >= 0.6 is 0 Å². The first-order valence-corrected chi connectivity index (χ1v) is 9.61. The number of nitrogens with one attached hydrogen (secondary N) is 1. The molecule has 0 unspecified atom stereocenters. The highest BCUT2D eigenvalue weighted by Gasteiger charge is 2.41. The van der Waals surface area contributed by atoms with E-state index in [-0.39, 0.29) is 27.9 Å². The van der Waals surface area contributed by atoms with E-state index in [1.54, 1.807) is 0 Å². The minimum atomic E-state index is -1.01. The van der Waals surface area contributed by atoms with Crippen LogP contribution < -0.4 is 5.56 Å². The molecule has 4 rings (SSSR count). The van der Waals surface area contributed by atoms with Gasteiger partial charge in [0.15, 0.2) is 0 Å². The van der Waals surface area contributed by atoms with Gasteiger partial charge in [-0.05, 0) is 24.3 Å². The summed E-state index contributed by atoms with van der Waals surface area (Å²) in [6, 6.07) is 7.73. The molecule has 13 nitrogen and oxygen atoms in total. The number of nitro benzene ring substituents is 1. The van der Waals surface area contributed by atoms with Crippen LogP contribution in [-0.4, -0.2) is 57.2 Å². The fraction of sp³-hybridized carbons (Fsp3) is 0.143. The molecule has 2 amide bonds. The van der Waals surface area contributed by atoms with Gasteiger partial charge in [-0.3, -0.25) is 34.2 Å². The summed E-state index contributed by atoms with van der Waals surface area (Å²) >= 11 is 0. The van der Waals surface area contributed by atoms with Crippen LogP contribution in [0.4, 0.5) is 5.69 Å². The highest BCUT2D eigenvalue weighted by molar-refractivity contribution is 6.24. The van der Waals surface area contributed by atoms with E-state index >= 15 is 0 Å². The predicted octanol–water partition coefficient (Wildman–Crippen LogP) is 0.957. The van der Waals surface area contributed by atoms with Crippen LogP contribution in [0, 0.1) is 10.1 Å². The Labute approximate surface area is 189 Å². The zero-order valence-corrected chi connectivity index (χ0v) is 17.4. The molecule has 0 atom stereocenters. The molecule has 1 aromatic heterocycles. The lowest BCUT2D eigenvalue weighted by Crippen LogP contribution is -2.35. The third kappa shape index (κ3) is 3.85. The van der Waals surface area contributed by atoms with Crippen molar-refractivity contribution in [1.82, 2.24) is 14.9 Å². The van der Waals surface area contributed by atoms with Crippen LogP contribution in [0.25, 0.3) is 10.9 Å². The molecular weight excluding hydrogens is 452 g/mol. The molecular formula is C21H14N4O9. The van der Waals surface area contributed by atoms with Crippen molar-refractivity contribution in [3.05, 3.63) is 79.4 Å². The first kappa shape index (κ1) is 22.3. The molecule has 1 aliphatic heterocycles. The monoisotopic (exact) mass is 466 g/mol. The average molecular weight is 466 g/mol. The molecule has 2 heterocycles. The summed E-state index contributed by atoms with van der Waals surface area (Å²) in [7, 11) is 1.20. The second-order valence-corrected chi connectivity index (χ2v) is 7.05. The number of benzene rings is 2. The summed E-state index contributed by atoms with van der Waals surface area (Å²) in [5, 5.41) is 11.4. The van der Waals surface area contributed by atoms with Crippen molar-refractivity contribution in [1.29, 1.82) is 0 Å². The van der Waals surface area contributed by atoms with Gasteiger partial charge in [0.25, 0.3) is 23.1 Å². The van der Waals surface area contributed by atoms with Crippen molar-refractivity contribution >= 4 is 40.3 Å². The van der Waals surface area contributed by atoms with Crippen LogP contribution in [0.5, 0.6) is 0 Å². The molecule has 1 aliphatic rings. The molecule has 2 aromatic carbocycles. The number of carbonyl (C=O) groups excluding carboxylic acids is 4. The standard InChI is InChI=1S/C21H14N4O9/c1-33-21(30)10-5-6-11-13(7-10)22-15(23-18(11)27)9-34-16(26)8-24-19(28)12-3-2-4-14(25(31)32)17(12)20(24)29/h2-7H,8-9H2,1H3,(H,22,23,27). The number of H-pyrrole nitrogens is 1. The number of aromatic nitrogens is 2. The maximum atomic E-state index is 12.5. The van der Waals surface area contributed by atoms with E-state index in [0.29, 0.717) is 4.90 Å². The molecule has 0 fully saturated rings. The lowest BCUT2D eigenvalue weighted by Gasteiger charge is -2.13. The van der Waals surface area contributed by atoms with Gasteiger partial charge in [0, 0.05) is 6.07 Å². The number of nitrogens with zero attached hydrogens (tertiary/aromatic N) is 3. The lowest BCUT2D eigenvalue weighted by molar-refractivity contribution is -0.385. The lowest BCUT2D eigenvalue weighted by atomic mass is 10.1. The number of nitro groups is 1. The summed E-state index contributed by atoms with van der Waals surface area (Å²) in [5.74, 6) is -3.54. The molecule has 3 aromatic rings. The van der Waals surface area contributed by atoms with E-state index in [1.807, 2.05) is 0 Å². The Balaban J connectivity index is 1.49. The van der Waals surface area contributed by atoms with Crippen molar-refractivity contribution in [2.24, 2.45) is 0 Å². The number of methoxy groups -OCH3 is 1. The summed E-state index contributed by atoms with van der Waals surface area (Å²) in [6.45, 7) is -1.30. The zero-order valence-electron chi connectivity index (χ0n) is 17.4. The van der Waals surface area contributed by atoms with E-state index < -0.39 is 58.6 Å². The molecule has 0 saturated heterocycles. The molecule has 13 heteroatoms. The largest absolute Gasteiger partial charge is 0.465 e. The van der Waals surface area contributed by atoms with Crippen LogP contribution in [0.1, 0.15) is 36.9 Å². The SMILES string of the molecule is COC(=O)c1ccc2c(=O)[nH]c(COC(=O)CN3C(=O)c4cccc([N+](=O)[O-])c4C3=O)nc2c1. The highest BCUT2D eigenvalue weighted by atomic mass is 16.6. The zero-order chi connectivity index (χ0) is 24.6. The van der Waals surface area contributed by atoms with Gasteiger partial charge >= 0.3 is 11.9 Å². The van der Waals surface area contributed by atoms with Gasteiger partial charge < -0.3 is 14.5 Å². The molecule has 0 spiro atoms. The third-order valence-corrected chi connectivity index (χ3v) is 5.01.